The molecule has 3 rings (SSSR count). The fourth-order valence-electron chi connectivity index (χ4n) is 1.88. The molecule has 2 aromatic heterocycles. The summed E-state index contributed by atoms with van der Waals surface area (Å²) in [6.45, 7) is 0.698. The lowest BCUT2D eigenvalue weighted by Gasteiger charge is -2.06. The van der Waals surface area contributed by atoms with Crippen LogP contribution < -0.4 is 5.56 Å². The number of fused-ring (bicyclic) bond motifs is 1. The minimum absolute atomic E-state index is 0.00407. The van der Waals surface area contributed by atoms with Gasteiger partial charge in [-0.05, 0) is 17.5 Å². The van der Waals surface area contributed by atoms with Crippen LogP contribution in [0, 0.1) is 0 Å². The number of aromatic nitrogens is 1. The van der Waals surface area contributed by atoms with Gasteiger partial charge in [-0.1, -0.05) is 0 Å². The molecule has 3 heterocycles. The maximum atomic E-state index is 12.3. The molecule has 0 aliphatic carbocycles. The minimum atomic E-state index is -0.0214. The summed E-state index contributed by atoms with van der Waals surface area (Å²) in [4.78, 5) is 23.9. The first-order valence-electron chi connectivity index (χ1n) is 5.21. The van der Waals surface area contributed by atoms with Gasteiger partial charge in [0.15, 0.2) is 5.78 Å². The Balaban J connectivity index is 2.14. The summed E-state index contributed by atoms with van der Waals surface area (Å²) in [5.41, 5.74) is 1.32. The van der Waals surface area contributed by atoms with Crippen molar-refractivity contribution in [1.29, 1.82) is 0 Å². The Bertz CT molecular complexity index is 628. The molecule has 0 aromatic carbocycles. The predicted molar refractivity (Wildman–Crippen MR) is 69.2 cm³/mol. The highest BCUT2D eigenvalue weighted by Crippen LogP contribution is 2.28. The van der Waals surface area contributed by atoms with Crippen molar-refractivity contribution in [1.82, 2.24) is 4.57 Å². The van der Waals surface area contributed by atoms with Gasteiger partial charge in [-0.25, -0.2) is 0 Å². The van der Waals surface area contributed by atoms with Crippen LogP contribution in [0.4, 0.5) is 0 Å². The molecule has 0 atom stereocenters. The summed E-state index contributed by atoms with van der Waals surface area (Å²) in [5, 5.41) is 4.54. The fraction of sp³-hybridized carbons (Fsp3) is 0.167. The average Bonchev–Trinajstić information content (AvgIpc) is 3.00. The van der Waals surface area contributed by atoms with E-state index < -0.39 is 0 Å². The Morgan fingerprint density at radius 3 is 2.94 bits per heavy atom. The number of thiophene rings is 1. The zero-order chi connectivity index (χ0) is 11.8. The lowest BCUT2D eigenvalue weighted by Crippen LogP contribution is -2.20. The van der Waals surface area contributed by atoms with Gasteiger partial charge in [0.1, 0.15) is 0 Å². The molecule has 0 fully saturated rings. The number of ketones is 1. The summed E-state index contributed by atoms with van der Waals surface area (Å²) < 4.78 is 1.68. The third-order valence-corrected chi connectivity index (χ3v) is 4.50. The minimum Gasteiger partial charge on any atom is -0.302 e. The van der Waals surface area contributed by atoms with Gasteiger partial charge in [0.05, 0.1) is 10.6 Å². The molecular weight excluding hydrogens is 254 g/mol. The van der Waals surface area contributed by atoms with E-state index in [4.69, 9.17) is 0 Å². The monoisotopic (exact) mass is 263 g/mol. The molecule has 0 unspecified atom stereocenters. The molecule has 0 radical (unpaired) electrons. The van der Waals surface area contributed by atoms with Gasteiger partial charge < -0.3 is 4.57 Å². The van der Waals surface area contributed by atoms with E-state index in [9.17, 15) is 9.59 Å². The summed E-state index contributed by atoms with van der Waals surface area (Å²) >= 11 is 3.08. The van der Waals surface area contributed by atoms with Crippen molar-refractivity contribution >= 4 is 28.9 Å². The van der Waals surface area contributed by atoms with Gasteiger partial charge in [0.2, 0.25) is 0 Å². The van der Waals surface area contributed by atoms with Crippen molar-refractivity contribution in [3.8, 4) is 0 Å². The van der Waals surface area contributed by atoms with Crippen LogP contribution in [0.15, 0.2) is 38.8 Å². The number of pyridine rings is 1. The van der Waals surface area contributed by atoms with Crippen molar-refractivity contribution in [2.75, 3.05) is 5.75 Å². The highest BCUT2D eigenvalue weighted by atomic mass is 32.2. The topological polar surface area (TPSA) is 39.1 Å². The zero-order valence-electron chi connectivity index (χ0n) is 8.88. The number of carbonyl (C=O) groups excluding carboxylic acids is 1. The predicted octanol–water partition coefficient (Wildman–Crippen LogP) is 2.25. The van der Waals surface area contributed by atoms with Gasteiger partial charge in [0, 0.05) is 29.3 Å². The lowest BCUT2D eigenvalue weighted by molar-refractivity contribution is 0.103. The Kier molecular flexibility index (Phi) is 2.64. The third kappa shape index (κ3) is 1.75. The molecular formula is C12H9NO2S2. The quantitative estimate of drug-likeness (QED) is 0.780. The number of nitrogens with zero attached hydrogens (tertiary/aromatic N) is 1. The van der Waals surface area contributed by atoms with Crippen molar-refractivity contribution in [2.45, 2.75) is 11.6 Å². The highest BCUT2D eigenvalue weighted by molar-refractivity contribution is 7.99. The van der Waals surface area contributed by atoms with Crippen molar-refractivity contribution < 1.29 is 4.79 Å². The summed E-state index contributed by atoms with van der Waals surface area (Å²) in [5.74, 6) is 0.868. The maximum absolute atomic E-state index is 12.3. The molecule has 17 heavy (non-hydrogen) atoms. The summed E-state index contributed by atoms with van der Waals surface area (Å²) in [6.07, 6.45) is 0. The molecule has 3 nitrogen and oxygen atoms in total. The zero-order valence-corrected chi connectivity index (χ0v) is 10.5. The molecule has 0 bridgehead atoms. The molecule has 0 saturated heterocycles. The van der Waals surface area contributed by atoms with E-state index in [-0.39, 0.29) is 11.3 Å². The lowest BCUT2D eigenvalue weighted by atomic mass is 10.1. The molecule has 86 valence electrons. The Morgan fingerprint density at radius 2 is 2.18 bits per heavy atom. The molecule has 1 aliphatic rings. The highest BCUT2D eigenvalue weighted by Gasteiger charge is 2.21. The number of hydrogen-bond acceptors (Lipinski definition) is 4. The molecule has 1 aliphatic heterocycles. The fourth-order valence-corrected chi connectivity index (χ4v) is 3.64. The number of carbonyl (C=O) groups is 1. The van der Waals surface area contributed by atoms with Crippen LogP contribution in [-0.2, 0) is 6.54 Å². The summed E-state index contributed by atoms with van der Waals surface area (Å²) in [6, 6.07) is 4.94. The molecule has 5 heteroatoms. The van der Waals surface area contributed by atoms with E-state index in [1.165, 1.54) is 17.4 Å². The second kappa shape index (κ2) is 4.16. The van der Waals surface area contributed by atoms with E-state index in [0.29, 0.717) is 17.7 Å². The van der Waals surface area contributed by atoms with Gasteiger partial charge >= 0.3 is 0 Å². The first-order valence-corrected chi connectivity index (χ1v) is 7.14. The second-order valence-corrected chi connectivity index (χ2v) is 5.60. The molecule has 2 aromatic rings. The average molecular weight is 263 g/mol. The first kappa shape index (κ1) is 10.8. The van der Waals surface area contributed by atoms with Crippen LogP contribution in [0.25, 0.3) is 0 Å². The second-order valence-electron chi connectivity index (χ2n) is 3.73. The van der Waals surface area contributed by atoms with Crippen LogP contribution in [0.1, 0.15) is 15.9 Å². The van der Waals surface area contributed by atoms with Crippen molar-refractivity contribution in [3.63, 3.8) is 0 Å². The van der Waals surface area contributed by atoms with Gasteiger partial charge in [-0.2, -0.15) is 11.3 Å². The van der Waals surface area contributed by atoms with E-state index in [0.717, 1.165) is 10.8 Å². The number of hydrogen-bond donors (Lipinski definition) is 0. The van der Waals surface area contributed by atoms with E-state index >= 15 is 0 Å². The van der Waals surface area contributed by atoms with E-state index in [2.05, 4.69) is 0 Å². The first-order chi connectivity index (χ1) is 8.27. The molecule has 0 saturated carbocycles. The van der Waals surface area contributed by atoms with Crippen LogP contribution in [-0.4, -0.2) is 16.1 Å². The smallest absolute Gasteiger partial charge is 0.251 e. The van der Waals surface area contributed by atoms with Gasteiger partial charge in [-0.15, -0.1) is 11.8 Å². The number of thioether (sulfide) groups is 1. The maximum Gasteiger partial charge on any atom is 0.251 e. The third-order valence-electron chi connectivity index (χ3n) is 2.72. The molecule has 0 N–H and O–H groups in total. The standard InChI is InChI=1S/C12H9NO2S2/c14-10-2-1-9(12-13(10)4-6-17-12)11(15)8-3-5-16-7-8/h1-3,5,7H,4,6H2. The molecule has 0 amide bonds. The van der Waals surface area contributed by atoms with Crippen LogP contribution in [0.2, 0.25) is 0 Å². The van der Waals surface area contributed by atoms with E-state index in [1.54, 1.807) is 22.4 Å². The van der Waals surface area contributed by atoms with Crippen molar-refractivity contribution in [2.24, 2.45) is 0 Å². The Morgan fingerprint density at radius 1 is 1.29 bits per heavy atom. The summed E-state index contributed by atoms with van der Waals surface area (Å²) in [7, 11) is 0. The molecule has 0 spiro atoms. The SMILES string of the molecule is O=C(c1ccsc1)c1ccc(=O)n2c1SCC2. The van der Waals surface area contributed by atoms with Gasteiger partial charge in [0.25, 0.3) is 5.56 Å². The number of rotatable bonds is 2. The van der Waals surface area contributed by atoms with Crippen LogP contribution >= 0.6 is 23.1 Å². The Labute approximate surface area is 106 Å². The van der Waals surface area contributed by atoms with Gasteiger partial charge in [-0.3, -0.25) is 9.59 Å². The normalized spacial score (nSPS) is 13.6. The largest absolute Gasteiger partial charge is 0.302 e. The van der Waals surface area contributed by atoms with E-state index in [1.807, 2.05) is 16.8 Å². The van der Waals surface area contributed by atoms with Crippen LogP contribution in [0.5, 0.6) is 0 Å². The Hall–Kier alpha value is -1.33. The van der Waals surface area contributed by atoms with Crippen LogP contribution in [0.3, 0.4) is 0 Å². The van der Waals surface area contributed by atoms with Crippen molar-refractivity contribution in [3.05, 3.63) is 50.4 Å².